The van der Waals surface area contributed by atoms with Crippen molar-refractivity contribution < 1.29 is 27.5 Å². The molecule has 13 heteroatoms. The minimum atomic E-state index is -4.70. The normalized spacial score (nSPS) is 29.0. The van der Waals surface area contributed by atoms with Gasteiger partial charge in [0.2, 0.25) is 5.82 Å². The van der Waals surface area contributed by atoms with Gasteiger partial charge in [-0.3, -0.25) is 9.89 Å². The maximum atomic E-state index is 13.9. The average molecular weight is 501 g/mol. The molecule has 4 aliphatic rings. The third kappa shape index (κ3) is 3.04. The fraction of sp³-hybridized carbons (Fsp3) is 0.435. The van der Waals surface area contributed by atoms with Crippen LogP contribution in [0.4, 0.5) is 23.4 Å². The zero-order valence-corrected chi connectivity index (χ0v) is 18.5. The lowest BCUT2D eigenvalue weighted by Crippen LogP contribution is -2.52. The summed E-state index contributed by atoms with van der Waals surface area (Å²) in [5, 5.41) is 24.3. The SMILES string of the molecule is O=C(O)[C@H]1[C@H](Nc2nc(-c3n[nH]c4ncc(F)cc34)nn3c(C(F)(F)F)ccc23)[C@@H]2CC[C@H]1C1CC12. The van der Waals surface area contributed by atoms with E-state index >= 15 is 0 Å². The van der Waals surface area contributed by atoms with E-state index in [1.807, 2.05) is 0 Å². The minimum Gasteiger partial charge on any atom is -0.481 e. The van der Waals surface area contributed by atoms with E-state index < -0.39 is 35.6 Å². The van der Waals surface area contributed by atoms with Crippen LogP contribution in [-0.2, 0) is 11.0 Å². The molecule has 3 N–H and O–H groups in total. The van der Waals surface area contributed by atoms with Crippen molar-refractivity contribution in [2.45, 2.75) is 31.5 Å². The van der Waals surface area contributed by atoms with Gasteiger partial charge in [0.1, 0.15) is 22.7 Å². The highest BCUT2D eigenvalue weighted by molar-refractivity contribution is 5.89. The first-order valence-electron chi connectivity index (χ1n) is 11.7. The van der Waals surface area contributed by atoms with Crippen molar-refractivity contribution in [1.29, 1.82) is 0 Å². The number of nitrogens with zero attached hydrogens (tertiary/aromatic N) is 5. The topological polar surface area (TPSA) is 121 Å². The molecule has 2 unspecified atom stereocenters. The van der Waals surface area contributed by atoms with Crippen molar-refractivity contribution in [2.75, 3.05) is 5.32 Å². The third-order valence-corrected chi connectivity index (χ3v) is 8.12. The van der Waals surface area contributed by atoms with E-state index in [0.717, 1.165) is 42.1 Å². The molecule has 6 atom stereocenters. The van der Waals surface area contributed by atoms with Gasteiger partial charge in [-0.15, -0.1) is 5.10 Å². The maximum absolute atomic E-state index is 13.9. The molecule has 0 amide bonds. The first-order chi connectivity index (χ1) is 17.2. The second-order valence-corrected chi connectivity index (χ2v) is 9.92. The third-order valence-electron chi connectivity index (χ3n) is 8.12. The summed E-state index contributed by atoms with van der Waals surface area (Å²) in [6.07, 6.45) is -1.02. The van der Waals surface area contributed by atoms with Gasteiger partial charge in [-0.25, -0.2) is 18.9 Å². The quantitative estimate of drug-likeness (QED) is 0.362. The Hall–Kier alpha value is -3.77. The van der Waals surface area contributed by atoms with Gasteiger partial charge in [0, 0.05) is 6.04 Å². The number of H-pyrrole nitrogens is 1. The van der Waals surface area contributed by atoms with Crippen LogP contribution in [0.5, 0.6) is 0 Å². The van der Waals surface area contributed by atoms with E-state index in [-0.39, 0.29) is 45.7 Å². The van der Waals surface area contributed by atoms with E-state index in [1.54, 1.807) is 0 Å². The number of alkyl halides is 3. The number of halogens is 4. The number of nitrogens with one attached hydrogen (secondary N) is 2. The van der Waals surface area contributed by atoms with Crippen LogP contribution in [0.3, 0.4) is 0 Å². The van der Waals surface area contributed by atoms with Crippen LogP contribution in [0.1, 0.15) is 25.0 Å². The number of pyridine rings is 1. The first kappa shape index (κ1) is 21.5. The summed E-state index contributed by atoms with van der Waals surface area (Å²) in [5.74, 6) is -1.35. The Kier molecular flexibility index (Phi) is 4.26. The second kappa shape index (κ2) is 7.14. The molecular formula is C23H19F4N7O2. The number of carbonyl (C=O) groups is 1. The van der Waals surface area contributed by atoms with Gasteiger partial charge in [-0.05, 0) is 61.1 Å². The lowest BCUT2D eigenvalue weighted by Gasteiger charge is -2.46. The molecule has 4 aromatic rings. The molecule has 2 bridgehead atoms. The Morgan fingerprint density at radius 1 is 1.17 bits per heavy atom. The van der Waals surface area contributed by atoms with Gasteiger partial charge in [0.15, 0.2) is 11.5 Å². The molecule has 0 radical (unpaired) electrons. The number of aliphatic carboxylic acids is 1. The van der Waals surface area contributed by atoms with E-state index in [4.69, 9.17) is 0 Å². The minimum absolute atomic E-state index is 0.0333. The Balaban J connectivity index is 1.40. The van der Waals surface area contributed by atoms with Gasteiger partial charge in [0.05, 0.1) is 17.5 Å². The summed E-state index contributed by atoms with van der Waals surface area (Å²) in [6, 6.07) is 2.84. The zero-order chi connectivity index (χ0) is 24.9. The molecule has 4 aliphatic carbocycles. The number of rotatable bonds is 4. The summed E-state index contributed by atoms with van der Waals surface area (Å²) >= 11 is 0. The van der Waals surface area contributed by atoms with Crippen molar-refractivity contribution in [2.24, 2.45) is 29.6 Å². The number of hydrogen-bond donors (Lipinski definition) is 3. The number of aromatic nitrogens is 6. The smallest absolute Gasteiger partial charge is 0.433 e. The van der Waals surface area contributed by atoms with Crippen molar-refractivity contribution in [3.8, 4) is 11.5 Å². The molecular weight excluding hydrogens is 482 g/mol. The van der Waals surface area contributed by atoms with Crippen molar-refractivity contribution in [1.82, 2.24) is 29.8 Å². The molecule has 9 nitrogen and oxygen atoms in total. The van der Waals surface area contributed by atoms with E-state index in [9.17, 15) is 27.5 Å². The van der Waals surface area contributed by atoms with Gasteiger partial charge in [-0.1, -0.05) is 0 Å². The molecule has 0 aromatic carbocycles. The molecule has 186 valence electrons. The molecule has 0 spiro atoms. The fourth-order valence-electron chi connectivity index (χ4n) is 6.61. The Labute approximate surface area is 199 Å². The van der Waals surface area contributed by atoms with E-state index in [1.165, 1.54) is 6.07 Å². The molecule has 0 saturated heterocycles. The van der Waals surface area contributed by atoms with Crippen LogP contribution in [0, 0.1) is 35.4 Å². The average Bonchev–Trinajstić information content (AvgIpc) is 3.36. The summed E-state index contributed by atoms with van der Waals surface area (Å²) in [5.41, 5.74) is -0.696. The highest BCUT2D eigenvalue weighted by atomic mass is 19.4. The number of aromatic amines is 1. The fourth-order valence-corrected chi connectivity index (χ4v) is 6.61. The van der Waals surface area contributed by atoms with Crippen LogP contribution < -0.4 is 5.32 Å². The monoisotopic (exact) mass is 501 g/mol. The number of fused-ring (bicyclic) bond motifs is 4. The number of carboxylic acids is 1. The van der Waals surface area contributed by atoms with Crippen molar-refractivity contribution in [3.05, 3.63) is 35.9 Å². The van der Waals surface area contributed by atoms with E-state index in [0.29, 0.717) is 11.8 Å². The zero-order valence-electron chi connectivity index (χ0n) is 18.5. The summed E-state index contributed by atoms with van der Waals surface area (Å²) < 4.78 is 56.1. The lowest BCUT2D eigenvalue weighted by atomic mass is 9.61. The van der Waals surface area contributed by atoms with Gasteiger partial charge in [0.25, 0.3) is 0 Å². The van der Waals surface area contributed by atoms with Crippen molar-refractivity contribution in [3.63, 3.8) is 0 Å². The van der Waals surface area contributed by atoms with Gasteiger partial charge >= 0.3 is 12.1 Å². The number of hydrogen-bond acceptors (Lipinski definition) is 6. The van der Waals surface area contributed by atoms with Crippen LogP contribution >= 0.6 is 0 Å². The van der Waals surface area contributed by atoms with Crippen LogP contribution in [0.25, 0.3) is 28.1 Å². The number of carboxylic acid groups (broad SMARTS) is 1. The summed E-state index contributed by atoms with van der Waals surface area (Å²) in [4.78, 5) is 20.7. The summed E-state index contributed by atoms with van der Waals surface area (Å²) in [6.45, 7) is 0. The largest absolute Gasteiger partial charge is 0.481 e. The number of anilines is 1. The maximum Gasteiger partial charge on any atom is 0.433 e. The summed E-state index contributed by atoms with van der Waals surface area (Å²) in [7, 11) is 0. The van der Waals surface area contributed by atoms with Gasteiger partial charge < -0.3 is 10.4 Å². The molecule has 4 aromatic heterocycles. The van der Waals surface area contributed by atoms with Crippen LogP contribution in [-0.4, -0.2) is 46.9 Å². The molecule has 8 rings (SSSR count). The Morgan fingerprint density at radius 3 is 2.72 bits per heavy atom. The molecule has 4 fully saturated rings. The molecule has 4 saturated carbocycles. The second-order valence-electron chi connectivity index (χ2n) is 9.92. The molecule has 4 heterocycles. The van der Waals surface area contributed by atoms with Gasteiger partial charge in [-0.2, -0.15) is 18.3 Å². The van der Waals surface area contributed by atoms with Crippen molar-refractivity contribution >= 4 is 28.3 Å². The highest BCUT2D eigenvalue weighted by Gasteiger charge is 2.63. The van der Waals surface area contributed by atoms with E-state index in [2.05, 4.69) is 30.6 Å². The lowest BCUT2D eigenvalue weighted by molar-refractivity contribution is -0.148. The predicted molar refractivity (Wildman–Crippen MR) is 117 cm³/mol. The highest BCUT2D eigenvalue weighted by Crippen LogP contribution is 2.64. The van der Waals surface area contributed by atoms with Crippen LogP contribution in [0.2, 0.25) is 0 Å². The Morgan fingerprint density at radius 2 is 1.94 bits per heavy atom. The first-order valence-corrected chi connectivity index (χ1v) is 11.7. The standard InChI is InChI=1S/C23H19F4N7O2/c24-8-5-13-18(31-32-19(13)28-7-8)21-30-20(14-3-4-15(23(25,26)27)34(14)33-21)29-17-10-2-1-9(11-6-12(10)11)16(17)22(35)36/h3-5,7,9-12,16-17H,1-2,6H2,(H,35,36)(H,28,31,32)(H,29,30,33)/t9-,10+,11?,12?,16+,17+/m0/s1. The Bertz CT molecular complexity index is 1550. The van der Waals surface area contributed by atoms with Crippen LogP contribution in [0.15, 0.2) is 24.4 Å². The predicted octanol–water partition coefficient (Wildman–Crippen LogP) is 3.98. The molecule has 36 heavy (non-hydrogen) atoms. The molecule has 0 aliphatic heterocycles.